The van der Waals surface area contributed by atoms with Crippen molar-refractivity contribution in [2.75, 3.05) is 0 Å². The lowest BCUT2D eigenvalue weighted by Gasteiger charge is -2.19. The highest BCUT2D eigenvalue weighted by molar-refractivity contribution is 5.23. The van der Waals surface area contributed by atoms with Crippen LogP contribution in [0.4, 0.5) is 4.39 Å². The van der Waals surface area contributed by atoms with Crippen molar-refractivity contribution >= 4 is 0 Å². The summed E-state index contributed by atoms with van der Waals surface area (Å²) in [6.07, 6.45) is 0. The first-order valence-electron chi connectivity index (χ1n) is 3.56. The average Bonchev–Trinajstić information content (AvgIpc) is 1.86. The SMILES string of the molecule is CC(C)(N)c1ccccc1F. The Morgan fingerprint density at radius 3 is 2.18 bits per heavy atom. The highest BCUT2D eigenvalue weighted by Crippen LogP contribution is 2.19. The summed E-state index contributed by atoms with van der Waals surface area (Å²) < 4.78 is 13.0. The molecule has 0 radical (unpaired) electrons. The van der Waals surface area contributed by atoms with E-state index in [1.807, 2.05) is 0 Å². The number of rotatable bonds is 1. The molecule has 0 bridgehead atoms. The largest absolute Gasteiger partial charge is 0.322 e. The summed E-state index contributed by atoms with van der Waals surface area (Å²) in [5.74, 6) is -0.236. The standard InChI is InChI=1S/C9H12FN/c1-9(2,11)7-5-3-4-6-8(7)10/h3-6H,11H2,1-2H3. The van der Waals surface area contributed by atoms with Gasteiger partial charge in [-0.25, -0.2) is 4.39 Å². The second kappa shape index (κ2) is 2.62. The highest BCUT2D eigenvalue weighted by atomic mass is 19.1. The lowest BCUT2D eigenvalue weighted by Crippen LogP contribution is -2.29. The van der Waals surface area contributed by atoms with Gasteiger partial charge in [0, 0.05) is 11.1 Å². The summed E-state index contributed by atoms with van der Waals surface area (Å²) in [4.78, 5) is 0. The number of hydrogen-bond acceptors (Lipinski definition) is 1. The van der Waals surface area contributed by atoms with Gasteiger partial charge in [0.05, 0.1) is 0 Å². The molecule has 1 aromatic carbocycles. The second-order valence-electron chi connectivity index (χ2n) is 3.20. The molecule has 0 aliphatic rings. The lowest BCUT2D eigenvalue weighted by atomic mass is 9.95. The molecule has 0 amide bonds. The van der Waals surface area contributed by atoms with Crippen molar-refractivity contribution < 1.29 is 4.39 Å². The third kappa shape index (κ3) is 1.77. The van der Waals surface area contributed by atoms with Gasteiger partial charge in [-0.1, -0.05) is 18.2 Å². The van der Waals surface area contributed by atoms with Crippen LogP contribution >= 0.6 is 0 Å². The van der Waals surface area contributed by atoms with E-state index in [2.05, 4.69) is 0 Å². The van der Waals surface area contributed by atoms with Crippen LogP contribution < -0.4 is 5.73 Å². The van der Waals surface area contributed by atoms with Gasteiger partial charge in [0.25, 0.3) is 0 Å². The van der Waals surface area contributed by atoms with Gasteiger partial charge in [0.15, 0.2) is 0 Å². The summed E-state index contributed by atoms with van der Waals surface area (Å²) in [6.45, 7) is 3.57. The van der Waals surface area contributed by atoms with E-state index in [0.717, 1.165) is 0 Å². The second-order valence-corrected chi connectivity index (χ2v) is 3.20. The van der Waals surface area contributed by atoms with Crippen LogP contribution in [0.1, 0.15) is 19.4 Å². The molecular weight excluding hydrogens is 141 g/mol. The van der Waals surface area contributed by atoms with E-state index < -0.39 is 5.54 Å². The first kappa shape index (κ1) is 8.21. The van der Waals surface area contributed by atoms with Gasteiger partial charge in [-0.15, -0.1) is 0 Å². The zero-order chi connectivity index (χ0) is 8.48. The van der Waals surface area contributed by atoms with E-state index in [4.69, 9.17) is 5.73 Å². The minimum atomic E-state index is -0.592. The number of benzene rings is 1. The first-order valence-corrected chi connectivity index (χ1v) is 3.56. The Hall–Kier alpha value is -0.890. The molecule has 0 aromatic heterocycles. The van der Waals surface area contributed by atoms with Gasteiger partial charge < -0.3 is 5.73 Å². The van der Waals surface area contributed by atoms with Gasteiger partial charge in [0.1, 0.15) is 5.82 Å². The van der Waals surface area contributed by atoms with Crippen molar-refractivity contribution in [1.29, 1.82) is 0 Å². The zero-order valence-corrected chi connectivity index (χ0v) is 6.76. The van der Waals surface area contributed by atoms with Crippen molar-refractivity contribution in [2.24, 2.45) is 5.73 Å². The zero-order valence-electron chi connectivity index (χ0n) is 6.76. The molecule has 0 heterocycles. The summed E-state index contributed by atoms with van der Waals surface area (Å²) in [5, 5.41) is 0. The van der Waals surface area contributed by atoms with Crippen LogP contribution in [0.25, 0.3) is 0 Å². The molecule has 1 rings (SSSR count). The molecule has 0 aliphatic heterocycles. The minimum Gasteiger partial charge on any atom is -0.322 e. The van der Waals surface area contributed by atoms with E-state index in [1.54, 1.807) is 32.0 Å². The van der Waals surface area contributed by atoms with Crippen LogP contribution in [0.5, 0.6) is 0 Å². The molecule has 2 N–H and O–H groups in total. The Kier molecular flexibility index (Phi) is 1.96. The summed E-state index contributed by atoms with van der Waals surface area (Å²) in [7, 11) is 0. The van der Waals surface area contributed by atoms with Gasteiger partial charge in [-0.3, -0.25) is 0 Å². The van der Waals surface area contributed by atoms with Crippen LogP contribution in [-0.4, -0.2) is 0 Å². The Balaban J connectivity index is 3.14. The maximum atomic E-state index is 13.0. The Morgan fingerprint density at radius 2 is 1.82 bits per heavy atom. The Bertz CT molecular complexity index is 250. The number of nitrogens with two attached hydrogens (primary N) is 1. The van der Waals surface area contributed by atoms with E-state index in [1.165, 1.54) is 6.07 Å². The maximum Gasteiger partial charge on any atom is 0.128 e. The van der Waals surface area contributed by atoms with E-state index in [0.29, 0.717) is 5.56 Å². The number of hydrogen-bond donors (Lipinski definition) is 1. The Labute approximate surface area is 66.0 Å². The van der Waals surface area contributed by atoms with Crippen molar-refractivity contribution in [3.05, 3.63) is 35.6 Å². The van der Waals surface area contributed by atoms with Crippen LogP contribution in [0.15, 0.2) is 24.3 Å². The van der Waals surface area contributed by atoms with E-state index in [9.17, 15) is 4.39 Å². The molecule has 0 spiro atoms. The smallest absolute Gasteiger partial charge is 0.128 e. The quantitative estimate of drug-likeness (QED) is 0.656. The number of halogens is 1. The van der Waals surface area contributed by atoms with Crippen LogP contribution in [0, 0.1) is 5.82 Å². The molecule has 1 nitrogen and oxygen atoms in total. The molecule has 1 aromatic rings. The summed E-state index contributed by atoms with van der Waals surface area (Å²) in [6, 6.07) is 6.57. The van der Waals surface area contributed by atoms with Crippen molar-refractivity contribution in [2.45, 2.75) is 19.4 Å². The summed E-state index contributed by atoms with van der Waals surface area (Å²) >= 11 is 0. The lowest BCUT2D eigenvalue weighted by molar-refractivity contribution is 0.501. The first-order chi connectivity index (χ1) is 5.02. The van der Waals surface area contributed by atoms with Crippen molar-refractivity contribution in [1.82, 2.24) is 0 Å². The van der Waals surface area contributed by atoms with Gasteiger partial charge >= 0.3 is 0 Å². The fraction of sp³-hybridized carbons (Fsp3) is 0.333. The maximum absolute atomic E-state index is 13.0. The molecule has 0 fully saturated rings. The topological polar surface area (TPSA) is 26.0 Å². The van der Waals surface area contributed by atoms with Gasteiger partial charge in [0.2, 0.25) is 0 Å². The monoisotopic (exact) mass is 153 g/mol. The van der Waals surface area contributed by atoms with E-state index in [-0.39, 0.29) is 5.82 Å². The van der Waals surface area contributed by atoms with Crippen LogP contribution in [-0.2, 0) is 5.54 Å². The fourth-order valence-corrected chi connectivity index (χ4v) is 0.984. The third-order valence-electron chi connectivity index (χ3n) is 1.57. The van der Waals surface area contributed by atoms with Crippen LogP contribution in [0.3, 0.4) is 0 Å². The predicted molar refractivity (Wildman–Crippen MR) is 43.6 cm³/mol. The molecule has 60 valence electrons. The van der Waals surface area contributed by atoms with E-state index >= 15 is 0 Å². The molecule has 0 saturated heterocycles. The molecular formula is C9H12FN. The minimum absolute atomic E-state index is 0.236. The Morgan fingerprint density at radius 1 is 1.27 bits per heavy atom. The third-order valence-corrected chi connectivity index (χ3v) is 1.57. The molecule has 11 heavy (non-hydrogen) atoms. The molecule has 0 aliphatic carbocycles. The van der Waals surface area contributed by atoms with Gasteiger partial charge in [-0.2, -0.15) is 0 Å². The van der Waals surface area contributed by atoms with Crippen molar-refractivity contribution in [3.8, 4) is 0 Å². The molecule has 2 heteroatoms. The van der Waals surface area contributed by atoms with Gasteiger partial charge in [-0.05, 0) is 19.9 Å². The molecule has 0 saturated carbocycles. The average molecular weight is 153 g/mol. The molecule has 0 unspecified atom stereocenters. The van der Waals surface area contributed by atoms with Crippen LogP contribution in [0.2, 0.25) is 0 Å². The summed E-state index contributed by atoms with van der Waals surface area (Å²) in [5.41, 5.74) is 5.68. The van der Waals surface area contributed by atoms with Crippen molar-refractivity contribution in [3.63, 3.8) is 0 Å². The fourth-order valence-electron chi connectivity index (χ4n) is 0.984. The molecule has 0 atom stereocenters. The highest BCUT2D eigenvalue weighted by Gasteiger charge is 2.17. The normalized spacial score (nSPS) is 11.6. The predicted octanol–water partition coefficient (Wildman–Crippen LogP) is 2.02.